The lowest BCUT2D eigenvalue weighted by molar-refractivity contribution is -0.131. The molecule has 2 aromatic rings. The van der Waals surface area contributed by atoms with Crippen molar-refractivity contribution in [2.75, 3.05) is 6.61 Å². The van der Waals surface area contributed by atoms with Gasteiger partial charge in [0, 0.05) is 18.2 Å². The minimum atomic E-state index is -0.779. The molecule has 1 aliphatic rings. The summed E-state index contributed by atoms with van der Waals surface area (Å²) in [5, 5.41) is 12.3. The van der Waals surface area contributed by atoms with Gasteiger partial charge >= 0.3 is 0 Å². The Kier molecular flexibility index (Phi) is 11.0. The Morgan fingerprint density at radius 1 is 1.05 bits per heavy atom. The second kappa shape index (κ2) is 14.4. The van der Waals surface area contributed by atoms with Crippen molar-refractivity contribution in [1.82, 2.24) is 21.1 Å². The number of nitrogens with zero attached hydrogens (tertiary/aromatic N) is 1. The molecule has 3 N–H and O–H groups in total. The van der Waals surface area contributed by atoms with Crippen LogP contribution < -0.4 is 20.7 Å². The number of carbonyl (C=O) groups is 3. The molecule has 0 spiro atoms. The maximum atomic E-state index is 13.5. The number of amides is 3. The molecule has 0 unspecified atom stereocenters. The molecule has 0 radical (unpaired) electrons. The second-order valence-electron chi connectivity index (χ2n) is 9.77. The highest BCUT2D eigenvalue weighted by molar-refractivity contribution is 5.96. The van der Waals surface area contributed by atoms with Crippen molar-refractivity contribution in [3.8, 4) is 5.75 Å². The molecule has 0 aliphatic heterocycles. The number of rotatable bonds is 13. The normalized spacial score (nSPS) is 16.3. The van der Waals surface area contributed by atoms with E-state index in [2.05, 4.69) is 21.1 Å². The molecule has 1 aromatic heterocycles. The lowest BCUT2D eigenvalue weighted by atomic mass is 9.84. The Morgan fingerprint density at radius 2 is 1.81 bits per heavy atom. The monoisotopic (exact) mass is 512 g/mol. The SMILES string of the molecule is CCOc1ccccc1CNC(=O)[C@@H](NC(=O)[C@H](CC1CCCCC1)NC(=O)c1ccno1)[C@@H](C)CC. The Hall–Kier alpha value is -3.36. The van der Waals surface area contributed by atoms with Gasteiger partial charge in [0.05, 0.1) is 12.8 Å². The minimum Gasteiger partial charge on any atom is -0.494 e. The quantitative estimate of drug-likeness (QED) is 0.373. The Bertz CT molecular complexity index is 1000. The van der Waals surface area contributed by atoms with E-state index in [0.717, 1.165) is 37.0 Å². The third-order valence-electron chi connectivity index (χ3n) is 7.10. The minimum absolute atomic E-state index is 0.0469. The fraction of sp³-hybridized carbons (Fsp3) is 0.571. The molecule has 3 amide bonds. The first-order valence-electron chi connectivity index (χ1n) is 13.4. The third-order valence-corrected chi connectivity index (χ3v) is 7.10. The first-order valence-corrected chi connectivity index (χ1v) is 13.4. The molecule has 0 saturated heterocycles. The fourth-order valence-electron chi connectivity index (χ4n) is 4.74. The van der Waals surface area contributed by atoms with Gasteiger partial charge < -0.3 is 25.2 Å². The van der Waals surface area contributed by atoms with Crippen LogP contribution in [0.5, 0.6) is 5.75 Å². The summed E-state index contributed by atoms with van der Waals surface area (Å²) in [4.78, 5) is 39.5. The molecule has 0 bridgehead atoms. The molecule has 37 heavy (non-hydrogen) atoms. The molecular formula is C28H40N4O5. The molecule has 9 nitrogen and oxygen atoms in total. The average Bonchev–Trinajstić information content (AvgIpc) is 3.46. The standard InChI is InChI=1S/C28H40N4O5/c1-4-19(3)25(28(35)29-18-21-13-9-10-14-23(21)36-5-2)32-26(33)22(17-20-11-7-6-8-12-20)31-27(34)24-15-16-30-37-24/h9-10,13-16,19-20,22,25H,4-8,11-12,17-18H2,1-3H3,(H,29,35)(H,31,34)(H,32,33)/t19-,22-,25-/m0/s1. The van der Waals surface area contributed by atoms with Crippen molar-refractivity contribution in [3.63, 3.8) is 0 Å². The molecule has 1 heterocycles. The van der Waals surface area contributed by atoms with Crippen LogP contribution >= 0.6 is 0 Å². The van der Waals surface area contributed by atoms with Crippen LogP contribution in [0, 0.1) is 11.8 Å². The van der Waals surface area contributed by atoms with Crippen LogP contribution in [0.4, 0.5) is 0 Å². The Morgan fingerprint density at radius 3 is 2.49 bits per heavy atom. The van der Waals surface area contributed by atoms with Gasteiger partial charge in [0.15, 0.2) is 0 Å². The second-order valence-corrected chi connectivity index (χ2v) is 9.77. The molecule has 1 aromatic carbocycles. The maximum absolute atomic E-state index is 13.5. The molecule has 9 heteroatoms. The van der Waals surface area contributed by atoms with Gasteiger partial charge in [-0.3, -0.25) is 14.4 Å². The fourth-order valence-corrected chi connectivity index (χ4v) is 4.74. The third kappa shape index (κ3) is 8.33. The topological polar surface area (TPSA) is 123 Å². The van der Waals surface area contributed by atoms with Crippen LogP contribution in [-0.2, 0) is 16.1 Å². The van der Waals surface area contributed by atoms with Crippen molar-refractivity contribution < 1.29 is 23.6 Å². The first kappa shape index (κ1) is 28.2. The first-order chi connectivity index (χ1) is 17.9. The summed E-state index contributed by atoms with van der Waals surface area (Å²) in [7, 11) is 0. The zero-order chi connectivity index (χ0) is 26.6. The summed E-state index contributed by atoms with van der Waals surface area (Å²) in [6.45, 7) is 6.63. The van der Waals surface area contributed by atoms with Crippen LogP contribution in [-0.4, -0.2) is 41.6 Å². The lowest BCUT2D eigenvalue weighted by Crippen LogP contribution is -2.56. The Labute approximate surface area is 219 Å². The highest BCUT2D eigenvalue weighted by Crippen LogP contribution is 2.27. The van der Waals surface area contributed by atoms with E-state index in [1.807, 2.05) is 45.0 Å². The molecule has 1 saturated carbocycles. The summed E-state index contributed by atoms with van der Waals surface area (Å²) < 4.78 is 10.6. The summed E-state index contributed by atoms with van der Waals surface area (Å²) in [5.41, 5.74) is 0.862. The number of carbonyl (C=O) groups excluding carboxylic acids is 3. The van der Waals surface area contributed by atoms with Gasteiger partial charge in [-0.1, -0.05) is 75.7 Å². The summed E-state index contributed by atoms with van der Waals surface area (Å²) >= 11 is 0. The average molecular weight is 513 g/mol. The molecule has 3 rings (SSSR count). The highest BCUT2D eigenvalue weighted by Gasteiger charge is 2.32. The van der Waals surface area contributed by atoms with Crippen molar-refractivity contribution in [3.05, 3.63) is 47.9 Å². The maximum Gasteiger partial charge on any atom is 0.290 e. The molecule has 202 valence electrons. The molecule has 1 fully saturated rings. The van der Waals surface area contributed by atoms with Crippen LogP contribution in [0.15, 0.2) is 41.1 Å². The predicted octanol–water partition coefficient (Wildman–Crippen LogP) is 3.99. The van der Waals surface area contributed by atoms with Gasteiger partial charge in [-0.05, 0) is 31.2 Å². The number of hydrogen-bond donors (Lipinski definition) is 3. The number of hydrogen-bond acceptors (Lipinski definition) is 6. The van der Waals surface area contributed by atoms with E-state index >= 15 is 0 Å². The van der Waals surface area contributed by atoms with Gasteiger partial charge in [0.1, 0.15) is 17.8 Å². The number of ether oxygens (including phenoxy) is 1. The van der Waals surface area contributed by atoms with E-state index in [9.17, 15) is 14.4 Å². The Balaban J connectivity index is 1.70. The summed E-state index contributed by atoms with van der Waals surface area (Å²) in [6.07, 6.45) is 8.09. The van der Waals surface area contributed by atoms with Gasteiger partial charge in [-0.25, -0.2) is 0 Å². The van der Waals surface area contributed by atoms with E-state index < -0.39 is 18.0 Å². The molecular weight excluding hydrogens is 472 g/mol. The van der Waals surface area contributed by atoms with Crippen molar-refractivity contribution in [2.45, 2.75) is 84.3 Å². The van der Waals surface area contributed by atoms with Crippen LogP contribution in [0.1, 0.15) is 81.8 Å². The van der Waals surface area contributed by atoms with E-state index in [1.165, 1.54) is 18.7 Å². The van der Waals surface area contributed by atoms with Crippen LogP contribution in [0.25, 0.3) is 0 Å². The van der Waals surface area contributed by atoms with Crippen molar-refractivity contribution in [2.24, 2.45) is 11.8 Å². The lowest BCUT2D eigenvalue weighted by Gasteiger charge is -2.29. The highest BCUT2D eigenvalue weighted by atomic mass is 16.5. The molecule has 1 aliphatic carbocycles. The van der Waals surface area contributed by atoms with Crippen molar-refractivity contribution >= 4 is 17.7 Å². The van der Waals surface area contributed by atoms with E-state index in [1.54, 1.807) is 0 Å². The number of nitrogens with one attached hydrogen (secondary N) is 3. The largest absolute Gasteiger partial charge is 0.494 e. The van der Waals surface area contributed by atoms with E-state index in [-0.39, 0.29) is 30.0 Å². The van der Waals surface area contributed by atoms with Crippen LogP contribution in [0.2, 0.25) is 0 Å². The van der Waals surface area contributed by atoms with Gasteiger partial charge in [-0.15, -0.1) is 0 Å². The number of aromatic nitrogens is 1. The summed E-state index contributed by atoms with van der Waals surface area (Å²) in [5.74, 6) is -0.134. The van der Waals surface area contributed by atoms with Crippen LogP contribution in [0.3, 0.4) is 0 Å². The smallest absolute Gasteiger partial charge is 0.290 e. The molecule has 3 atom stereocenters. The van der Waals surface area contributed by atoms with E-state index in [0.29, 0.717) is 25.4 Å². The van der Waals surface area contributed by atoms with Crippen molar-refractivity contribution in [1.29, 1.82) is 0 Å². The predicted molar refractivity (Wildman–Crippen MR) is 140 cm³/mol. The zero-order valence-electron chi connectivity index (χ0n) is 22.1. The number of benzene rings is 1. The number of para-hydroxylation sites is 1. The summed E-state index contributed by atoms with van der Waals surface area (Å²) in [6, 6.07) is 7.49. The van der Waals surface area contributed by atoms with Gasteiger partial charge in [-0.2, -0.15) is 0 Å². The van der Waals surface area contributed by atoms with Gasteiger partial charge in [0.2, 0.25) is 17.6 Å². The zero-order valence-corrected chi connectivity index (χ0v) is 22.1. The van der Waals surface area contributed by atoms with E-state index in [4.69, 9.17) is 9.26 Å². The van der Waals surface area contributed by atoms with Gasteiger partial charge in [0.25, 0.3) is 5.91 Å².